The molecule has 86 valence electrons. The van der Waals surface area contributed by atoms with E-state index in [0.29, 0.717) is 12.0 Å². The van der Waals surface area contributed by atoms with Crippen molar-refractivity contribution >= 4 is 5.82 Å². The summed E-state index contributed by atoms with van der Waals surface area (Å²) in [6.45, 7) is 2.17. The van der Waals surface area contributed by atoms with Crippen LogP contribution < -0.4 is 10.2 Å². The van der Waals surface area contributed by atoms with Gasteiger partial charge >= 0.3 is 0 Å². The first-order valence-electron chi connectivity index (χ1n) is 6.12. The van der Waals surface area contributed by atoms with E-state index in [-0.39, 0.29) is 0 Å². The van der Waals surface area contributed by atoms with Gasteiger partial charge in [-0.2, -0.15) is 0 Å². The highest BCUT2D eigenvalue weighted by molar-refractivity contribution is 5.39. The van der Waals surface area contributed by atoms with E-state index in [1.807, 2.05) is 19.3 Å². The van der Waals surface area contributed by atoms with Gasteiger partial charge in [0.15, 0.2) is 0 Å². The Kier molecular flexibility index (Phi) is 2.52. The quantitative estimate of drug-likeness (QED) is 0.826. The lowest BCUT2D eigenvalue weighted by Gasteiger charge is -2.17. The Hall–Kier alpha value is -1.16. The van der Waals surface area contributed by atoms with Gasteiger partial charge in [-0.1, -0.05) is 0 Å². The van der Waals surface area contributed by atoms with Crippen molar-refractivity contribution in [1.82, 2.24) is 15.3 Å². The molecule has 0 radical (unpaired) electrons. The summed E-state index contributed by atoms with van der Waals surface area (Å²) < 4.78 is 0. The molecular weight excluding hydrogens is 200 g/mol. The molecule has 1 aromatic heterocycles. The normalized spacial score (nSPS) is 25.1. The van der Waals surface area contributed by atoms with E-state index in [9.17, 15) is 0 Å². The Morgan fingerprint density at radius 2 is 2.25 bits per heavy atom. The van der Waals surface area contributed by atoms with Gasteiger partial charge in [-0.05, 0) is 32.4 Å². The van der Waals surface area contributed by atoms with Crippen LogP contribution in [-0.2, 0) is 0 Å². The zero-order valence-electron chi connectivity index (χ0n) is 9.69. The molecule has 1 saturated heterocycles. The van der Waals surface area contributed by atoms with Gasteiger partial charge in [-0.3, -0.25) is 0 Å². The predicted octanol–water partition coefficient (Wildman–Crippen LogP) is 1.15. The van der Waals surface area contributed by atoms with E-state index in [1.54, 1.807) is 0 Å². The zero-order valence-corrected chi connectivity index (χ0v) is 9.69. The third-order valence-corrected chi connectivity index (χ3v) is 3.52. The fraction of sp³-hybridized carbons (Fsp3) is 0.667. The highest BCUT2D eigenvalue weighted by Crippen LogP contribution is 2.38. The molecular formula is C12H18N4. The fourth-order valence-electron chi connectivity index (χ4n) is 2.28. The molecule has 1 aliphatic heterocycles. The molecule has 3 rings (SSSR count). The molecule has 0 spiro atoms. The third kappa shape index (κ3) is 1.89. The van der Waals surface area contributed by atoms with E-state index < -0.39 is 0 Å². The Bertz CT molecular complexity index is 375. The molecule has 1 aromatic rings. The number of nitrogens with zero attached hydrogens (tertiary/aromatic N) is 3. The summed E-state index contributed by atoms with van der Waals surface area (Å²) >= 11 is 0. The summed E-state index contributed by atoms with van der Waals surface area (Å²) in [7, 11) is 2.03. The highest BCUT2D eigenvalue weighted by Gasteiger charge is 2.28. The lowest BCUT2D eigenvalue weighted by Crippen LogP contribution is -2.30. The molecule has 0 unspecified atom stereocenters. The number of anilines is 1. The average molecular weight is 218 g/mol. The number of aromatic nitrogens is 2. The second-order valence-electron chi connectivity index (χ2n) is 4.77. The first-order valence-corrected chi connectivity index (χ1v) is 6.12. The van der Waals surface area contributed by atoms with Crippen molar-refractivity contribution in [3.05, 3.63) is 18.1 Å². The van der Waals surface area contributed by atoms with E-state index in [1.165, 1.54) is 19.3 Å². The number of rotatable bonds is 3. The molecule has 2 fully saturated rings. The first kappa shape index (κ1) is 10.0. The van der Waals surface area contributed by atoms with Gasteiger partial charge < -0.3 is 10.2 Å². The predicted molar refractivity (Wildman–Crippen MR) is 63.7 cm³/mol. The van der Waals surface area contributed by atoms with Gasteiger partial charge in [0.05, 0.1) is 0 Å². The largest absolute Gasteiger partial charge is 0.355 e. The van der Waals surface area contributed by atoms with Crippen LogP contribution in [0.25, 0.3) is 0 Å². The van der Waals surface area contributed by atoms with E-state index >= 15 is 0 Å². The lowest BCUT2D eigenvalue weighted by molar-refractivity contribution is 0.616. The molecule has 1 saturated carbocycles. The van der Waals surface area contributed by atoms with E-state index in [4.69, 9.17) is 0 Å². The fourth-order valence-corrected chi connectivity index (χ4v) is 2.28. The van der Waals surface area contributed by atoms with Crippen LogP contribution in [0.15, 0.2) is 12.3 Å². The van der Waals surface area contributed by atoms with Gasteiger partial charge in [0.25, 0.3) is 0 Å². The van der Waals surface area contributed by atoms with Gasteiger partial charge in [-0.25, -0.2) is 9.97 Å². The van der Waals surface area contributed by atoms with Crippen molar-refractivity contribution in [2.24, 2.45) is 0 Å². The topological polar surface area (TPSA) is 41.0 Å². The van der Waals surface area contributed by atoms with Crippen LogP contribution in [0, 0.1) is 0 Å². The average Bonchev–Trinajstić information content (AvgIpc) is 3.07. The van der Waals surface area contributed by atoms with Gasteiger partial charge in [0.2, 0.25) is 0 Å². The van der Waals surface area contributed by atoms with Gasteiger partial charge in [-0.15, -0.1) is 0 Å². The Morgan fingerprint density at radius 1 is 1.38 bits per heavy atom. The molecule has 4 nitrogen and oxygen atoms in total. The summed E-state index contributed by atoms with van der Waals surface area (Å²) in [5.74, 6) is 2.79. The molecule has 16 heavy (non-hydrogen) atoms. The molecule has 2 aliphatic rings. The van der Waals surface area contributed by atoms with E-state index in [0.717, 1.165) is 24.7 Å². The molecule has 0 aromatic carbocycles. The highest BCUT2D eigenvalue weighted by atomic mass is 15.2. The minimum absolute atomic E-state index is 0.611. The van der Waals surface area contributed by atoms with E-state index in [2.05, 4.69) is 20.2 Å². The molecule has 4 heteroatoms. The third-order valence-electron chi connectivity index (χ3n) is 3.52. The minimum atomic E-state index is 0.611. The second kappa shape index (κ2) is 4.01. The maximum atomic E-state index is 4.67. The molecule has 1 N–H and O–H groups in total. The number of hydrogen-bond donors (Lipinski definition) is 1. The monoisotopic (exact) mass is 218 g/mol. The van der Waals surface area contributed by atoms with Crippen LogP contribution in [-0.4, -0.2) is 36.1 Å². The SMILES string of the molecule is CN[C@H]1CCN(c2ccnc(C3CC3)n2)C1. The molecule has 2 heterocycles. The number of nitrogens with one attached hydrogen (secondary N) is 1. The van der Waals surface area contributed by atoms with Crippen molar-refractivity contribution in [2.75, 3.05) is 25.0 Å². The van der Waals surface area contributed by atoms with Crippen LogP contribution in [0.1, 0.15) is 31.0 Å². The van der Waals surface area contributed by atoms with Gasteiger partial charge in [0.1, 0.15) is 11.6 Å². The number of hydrogen-bond acceptors (Lipinski definition) is 4. The van der Waals surface area contributed by atoms with Crippen LogP contribution in [0.5, 0.6) is 0 Å². The smallest absolute Gasteiger partial charge is 0.133 e. The van der Waals surface area contributed by atoms with Gasteiger partial charge in [0, 0.05) is 31.2 Å². The second-order valence-corrected chi connectivity index (χ2v) is 4.77. The maximum Gasteiger partial charge on any atom is 0.133 e. The number of likely N-dealkylation sites (N-methyl/N-ethyl adjacent to an activating group) is 1. The summed E-state index contributed by atoms with van der Waals surface area (Å²) in [5, 5.41) is 3.33. The van der Waals surface area contributed by atoms with Crippen molar-refractivity contribution < 1.29 is 0 Å². The standard InChI is InChI=1S/C12H18N4/c1-13-10-5-7-16(8-10)11-4-6-14-12(15-11)9-2-3-9/h4,6,9-10,13H,2-3,5,7-8H2,1H3/t10-/m0/s1. The van der Waals surface area contributed by atoms with Crippen LogP contribution in [0.3, 0.4) is 0 Å². The maximum absolute atomic E-state index is 4.67. The minimum Gasteiger partial charge on any atom is -0.355 e. The summed E-state index contributed by atoms with van der Waals surface area (Å²) in [6, 6.07) is 2.64. The van der Waals surface area contributed by atoms with Crippen molar-refractivity contribution in [1.29, 1.82) is 0 Å². The molecule has 1 atom stereocenters. The van der Waals surface area contributed by atoms with Crippen LogP contribution >= 0.6 is 0 Å². The van der Waals surface area contributed by atoms with Crippen molar-refractivity contribution in [3.63, 3.8) is 0 Å². The molecule has 0 bridgehead atoms. The van der Waals surface area contributed by atoms with Crippen LogP contribution in [0.4, 0.5) is 5.82 Å². The lowest BCUT2D eigenvalue weighted by atomic mass is 10.3. The first-order chi connectivity index (χ1) is 7.86. The Labute approximate surface area is 96.1 Å². The molecule has 1 aliphatic carbocycles. The van der Waals surface area contributed by atoms with Crippen LogP contribution in [0.2, 0.25) is 0 Å². The summed E-state index contributed by atoms with van der Waals surface area (Å²) in [4.78, 5) is 11.4. The summed E-state index contributed by atoms with van der Waals surface area (Å²) in [5.41, 5.74) is 0. The molecule has 0 amide bonds. The summed E-state index contributed by atoms with van der Waals surface area (Å²) in [6.07, 6.45) is 5.65. The Morgan fingerprint density at radius 3 is 2.94 bits per heavy atom. The Balaban J connectivity index is 1.76. The van der Waals surface area contributed by atoms with Crippen molar-refractivity contribution in [2.45, 2.75) is 31.2 Å². The zero-order chi connectivity index (χ0) is 11.0. The van der Waals surface area contributed by atoms with Crippen molar-refractivity contribution in [3.8, 4) is 0 Å².